The molecule has 24 heavy (non-hydrogen) atoms. The Morgan fingerprint density at radius 2 is 1.62 bits per heavy atom. The van der Waals surface area contributed by atoms with E-state index in [1.54, 1.807) is 0 Å². The minimum absolute atomic E-state index is 0.184. The molecule has 0 radical (unpaired) electrons. The summed E-state index contributed by atoms with van der Waals surface area (Å²) >= 11 is 0. The van der Waals surface area contributed by atoms with Gasteiger partial charge in [0.25, 0.3) is 0 Å². The number of hydrogen-bond acceptors (Lipinski definition) is 3. The van der Waals surface area contributed by atoms with Gasteiger partial charge in [-0.25, -0.2) is 4.79 Å². The summed E-state index contributed by atoms with van der Waals surface area (Å²) in [6, 6.07) is 0.184. The Bertz CT molecular complexity index is 389. The van der Waals surface area contributed by atoms with Gasteiger partial charge in [-0.05, 0) is 44.6 Å². The first-order valence-electron chi connectivity index (χ1n) is 10.1. The molecule has 2 heterocycles. The largest absolute Gasteiger partial charge is 0.338 e. The number of hydrogen-bond donors (Lipinski definition) is 1. The smallest absolute Gasteiger partial charge is 0.317 e. The van der Waals surface area contributed by atoms with Crippen molar-refractivity contribution in [1.82, 2.24) is 20.0 Å². The van der Waals surface area contributed by atoms with Crippen LogP contribution in [0.2, 0.25) is 0 Å². The van der Waals surface area contributed by atoms with Gasteiger partial charge in [0.15, 0.2) is 0 Å². The predicted octanol–water partition coefficient (Wildman–Crippen LogP) is 2.24. The number of nitrogens with zero attached hydrogens (tertiary/aromatic N) is 3. The number of carbonyl (C=O) groups is 1. The lowest BCUT2D eigenvalue weighted by molar-refractivity contribution is 0.106. The molecule has 0 aromatic heterocycles. The van der Waals surface area contributed by atoms with Crippen LogP contribution in [0.5, 0.6) is 0 Å². The molecule has 0 aromatic rings. The quantitative estimate of drug-likeness (QED) is 0.856. The second-order valence-electron chi connectivity index (χ2n) is 8.25. The van der Waals surface area contributed by atoms with Crippen LogP contribution < -0.4 is 5.32 Å². The fourth-order valence-electron chi connectivity index (χ4n) is 4.53. The van der Waals surface area contributed by atoms with Crippen LogP contribution in [-0.2, 0) is 0 Å². The van der Waals surface area contributed by atoms with Gasteiger partial charge in [0, 0.05) is 52.4 Å². The van der Waals surface area contributed by atoms with Crippen LogP contribution in [0.15, 0.2) is 0 Å². The second kappa shape index (κ2) is 9.04. The van der Waals surface area contributed by atoms with Crippen LogP contribution in [0.4, 0.5) is 4.79 Å². The van der Waals surface area contributed by atoms with Crippen LogP contribution in [0, 0.1) is 11.8 Å². The van der Waals surface area contributed by atoms with Gasteiger partial charge in [-0.1, -0.05) is 19.3 Å². The normalized spacial score (nSPS) is 28.0. The first-order chi connectivity index (χ1) is 11.7. The van der Waals surface area contributed by atoms with E-state index in [9.17, 15) is 4.79 Å². The second-order valence-corrected chi connectivity index (χ2v) is 8.25. The SMILES string of the molecule is CN1CCN(CC2CCCN(C(=O)NCC3CCCCC3)C2)CC1. The average molecular weight is 337 g/mol. The lowest BCUT2D eigenvalue weighted by Crippen LogP contribution is -2.51. The van der Waals surface area contributed by atoms with E-state index in [4.69, 9.17) is 0 Å². The first-order valence-corrected chi connectivity index (χ1v) is 10.1. The molecule has 2 amide bonds. The Morgan fingerprint density at radius 1 is 0.917 bits per heavy atom. The molecule has 138 valence electrons. The molecule has 0 aromatic carbocycles. The molecule has 1 N–H and O–H groups in total. The molecular formula is C19H36N4O. The topological polar surface area (TPSA) is 38.8 Å². The number of amides is 2. The number of likely N-dealkylation sites (tertiary alicyclic amines) is 1. The van der Waals surface area contributed by atoms with Crippen molar-refractivity contribution in [3.05, 3.63) is 0 Å². The number of likely N-dealkylation sites (N-methyl/N-ethyl adjacent to an activating group) is 1. The highest BCUT2D eigenvalue weighted by atomic mass is 16.2. The number of piperidine rings is 1. The first kappa shape index (κ1) is 18.0. The molecular weight excluding hydrogens is 300 g/mol. The van der Waals surface area contributed by atoms with E-state index in [0.717, 1.165) is 26.1 Å². The van der Waals surface area contributed by atoms with Gasteiger partial charge >= 0.3 is 6.03 Å². The lowest BCUT2D eigenvalue weighted by Gasteiger charge is -2.38. The summed E-state index contributed by atoms with van der Waals surface area (Å²) in [7, 11) is 2.20. The molecule has 1 unspecified atom stereocenters. The fourth-order valence-corrected chi connectivity index (χ4v) is 4.53. The van der Waals surface area contributed by atoms with E-state index < -0.39 is 0 Å². The predicted molar refractivity (Wildman–Crippen MR) is 98.2 cm³/mol. The molecule has 1 saturated carbocycles. The summed E-state index contributed by atoms with van der Waals surface area (Å²) in [4.78, 5) is 19.6. The van der Waals surface area contributed by atoms with Crippen LogP contribution >= 0.6 is 0 Å². The van der Waals surface area contributed by atoms with Crippen molar-refractivity contribution in [2.24, 2.45) is 11.8 Å². The van der Waals surface area contributed by atoms with Crippen molar-refractivity contribution >= 4 is 6.03 Å². The highest BCUT2D eigenvalue weighted by Gasteiger charge is 2.26. The minimum Gasteiger partial charge on any atom is -0.338 e. The van der Waals surface area contributed by atoms with Crippen molar-refractivity contribution in [3.8, 4) is 0 Å². The summed E-state index contributed by atoms with van der Waals surface area (Å²) in [6.45, 7) is 8.66. The summed E-state index contributed by atoms with van der Waals surface area (Å²) in [5.41, 5.74) is 0. The summed E-state index contributed by atoms with van der Waals surface area (Å²) in [6.07, 6.45) is 9.10. The highest BCUT2D eigenvalue weighted by Crippen LogP contribution is 2.23. The Labute approximate surface area is 147 Å². The Hall–Kier alpha value is -0.810. The number of urea groups is 1. The van der Waals surface area contributed by atoms with Gasteiger partial charge in [-0.15, -0.1) is 0 Å². The third-order valence-electron chi connectivity index (χ3n) is 6.19. The van der Waals surface area contributed by atoms with E-state index in [1.807, 2.05) is 0 Å². The maximum absolute atomic E-state index is 12.5. The van der Waals surface area contributed by atoms with Crippen molar-refractivity contribution < 1.29 is 4.79 Å². The summed E-state index contributed by atoms with van der Waals surface area (Å²) < 4.78 is 0. The van der Waals surface area contributed by atoms with Gasteiger partial charge in [0.1, 0.15) is 0 Å². The van der Waals surface area contributed by atoms with Crippen molar-refractivity contribution in [2.45, 2.75) is 44.9 Å². The molecule has 1 aliphatic carbocycles. The zero-order chi connectivity index (χ0) is 16.8. The molecule has 5 heteroatoms. The summed E-state index contributed by atoms with van der Waals surface area (Å²) in [5, 5.41) is 3.22. The number of piperazine rings is 1. The molecule has 3 aliphatic rings. The lowest BCUT2D eigenvalue weighted by atomic mass is 9.89. The van der Waals surface area contributed by atoms with Crippen molar-refractivity contribution in [1.29, 1.82) is 0 Å². The number of rotatable bonds is 4. The van der Waals surface area contributed by atoms with Gasteiger partial charge in [-0.2, -0.15) is 0 Å². The van der Waals surface area contributed by atoms with Gasteiger partial charge in [0.05, 0.1) is 0 Å². The maximum Gasteiger partial charge on any atom is 0.317 e. The molecule has 5 nitrogen and oxygen atoms in total. The minimum atomic E-state index is 0.184. The van der Waals surface area contributed by atoms with Crippen LogP contribution in [-0.4, -0.2) is 80.1 Å². The molecule has 2 saturated heterocycles. The molecule has 0 spiro atoms. The van der Waals surface area contributed by atoms with Crippen LogP contribution in [0.25, 0.3) is 0 Å². The zero-order valence-corrected chi connectivity index (χ0v) is 15.5. The fraction of sp³-hybridized carbons (Fsp3) is 0.947. The van der Waals surface area contributed by atoms with E-state index in [-0.39, 0.29) is 6.03 Å². The van der Waals surface area contributed by atoms with E-state index in [0.29, 0.717) is 11.8 Å². The third-order valence-corrected chi connectivity index (χ3v) is 6.19. The molecule has 1 atom stereocenters. The molecule has 3 fully saturated rings. The van der Waals surface area contributed by atoms with Gasteiger partial charge in [-0.3, -0.25) is 0 Å². The van der Waals surface area contributed by atoms with E-state index in [2.05, 4.69) is 27.1 Å². The summed E-state index contributed by atoms with van der Waals surface area (Å²) in [5.74, 6) is 1.37. The van der Waals surface area contributed by atoms with E-state index in [1.165, 1.54) is 71.2 Å². The van der Waals surface area contributed by atoms with E-state index >= 15 is 0 Å². The standard InChI is InChI=1S/C19H36N4O/c1-21-10-12-22(13-11-21)15-18-8-5-9-23(16-18)19(24)20-14-17-6-3-2-4-7-17/h17-18H,2-16H2,1H3,(H,20,24). The molecule has 2 aliphatic heterocycles. The van der Waals surface area contributed by atoms with Gasteiger partial charge in [0.2, 0.25) is 0 Å². The van der Waals surface area contributed by atoms with Crippen molar-refractivity contribution in [3.63, 3.8) is 0 Å². The highest BCUT2D eigenvalue weighted by molar-refractivity contribution is 5.74. The Morgan fingerprint density at radius 3 is 2.38 bits per heavy atom. The monoisotopic (exact) mass is 336 g/mol. The Balaban J connectivity index is 1.38. The number of carbonyl (C=O) groups excluding carboxylic acids is 1. The molecule has 0 bridgehead atoms. The van der Waals surface area contributed by atoms with Crippen molar-refractivity contribution in [2.75, 3.05) is 59.4 Å². The average Bonchev–Trinajstić information content (AvgIpc) is 2.63. The van der Waals surface area contributed by atoms with Crippen LogP contribution in [0.1, 0.15) is 44.9 Å². The molecule has 3 rings (SSSR count). The number of nitrogens with one attached hydrogen (secondary N) is 1. The third kappa shape index (κ3) is 5.35. The maximum atomic E-state index is 12.5. The Kier molecular flexibility index (Phi) is 6.78. The van der Waals surface area contributed by atoms with Gasteiger partial charge < -0.3 is 20.0 Å². The zero-order valence-electron chi connectivity index (χ0n) is 15.5. The van der Waals surface area contributed by atoms with Crippen LogP contribution in [0.3, 0.4) is 0 Å².